The molecule has 2 rings (SSSR count). The fourth-order valence-corrected chi connectivity index (χ4v) is 1.86. The van der Waals surface area contributed by atoms with Crippen molar-refractivity contribution in [3.63, 3.8) is 0 Å². The molecule has 1 aliphatic heterocycles. The zero-order valence-corrected chi connectivity index (χ0v) is 13.1. The molecule has 4 N–H and O–H groups in total. The Bertz CT molecular complexity index is 426. The number of carbonyl (C=O) groups is 1. The van der Waals surface area contributed by atoms with Crippen LogP contribution < -0.4 is 16.1 Å². The summed E-state index contributed by atoms with van der Waals surface area (Å²) in [6, 6.07) is -0.460. The summed E-state index contributed by atoms with van der Waals surface area (Å²) in [4.78, 5) is 11.0. The molecule has 5 nitrogen and oxygen atoms in total. The van der Waals surface area contributed by atoms with Crippen LogP contribution in [0.5, 0.6) is 0 Å². The van der Waals surface area contributed by atoms with E-state index >= 15 is 0 Å². The highest BCUT2D eigenvalue weighted by Crippen LogP contribution is 2.37. The summed E-state index contributed by atoms with van der Waals surface area (Å²) in [5.74, 6) is -4.23. The van der Waals surface area contributed by atoms with E-state index in [0.29, 0.717) is 0 Å². The Balaban J connectivity index is 0.000000956. The summed E-state index contributed by atoms with van der Waals surface area (Å²) in [7, 11) is 3.50. The molecular weight excluding hydrogens is 410 g/mol. The fraction of sp³-hybridized carbons (Fsp3) is 0.500. The zero-order valence-electron chi connectivity index (χ0n) is 10.0. The van der Waals surface area contributed by atoms with E-state index in [1.807, 2.05) is 21.2 Å². The Morgan fingerprint density at radius 2 is 2.10 bits per heavy atom. The smallest absolute Gasteiger partial charge is 0.276 e. The number of carbonyl (C=O) groups excluding carboxylic acids is 1. The number of amides is 1. The highest BCUT2D eigenvalue weighted by Gasteiger charge is 2.46. The topological polar surface area (TPSA) is 73.4 Å². The Kier molecular flexibility index (Phi) is 6.61. The van der Waals surface area contributed by atoms with Gasteiger partial charge >= 0.3 is 0 Å². The van der Waals surface area contributed by atoms with E-state index in [-0.39, 0.29) is 18.4 Å². The van der Waals surface area contributed by atoms with Crippen molar-refractivity contribution in [2.75, 3.05) is 0 Å². The molecule has 1 unspecified atom stereocenters. The Morgan fingerprint density at radius 1 is 1.50 bits per heavy atom. The molecule has 1 fully saturated rings. The maximum Gasteiger partial charge on any atom is 0.276 e. The second-order valence-corrected chi connectivity index (χ2v) is 4.30. The largest absolute Gasteiger partial charge is 0.369 e. The molecule has 1 heterocycles. The maximum absolute atomic E-state index is 13.6. The van der Waals surface area contributed by atoms with Crippen LogP contribution in [0, 0.1) is 0 Å². The first-order valence-electron chi connectivity index (χ1n) is 5.50. The van der Waals surface area contributed by atoms with Gasteiger partial charge in [-0.3, -0.25) is 15.3 Å². The lowest BCUT2D eigenvalue weighted by atomic mass is 9.88. The lowest BCUT2D eigenvalue weighted by Gasteiger charge is -2.38. The molecule has 1 atom stereocenters. The third-order valence-corrected chi connectivity index (χ3v) is 2.83. The van der Waals surface area contributed by atoms with Crippen molar-refractivity contribution in [3.8, 4) is 0 Å². The Labute approximate surface area is 131 Å². The van der Waals surface area contributed by atoms with E-state index in [4.69, 9.17) is 5.21 Å². The minimum atomic E-state index is -2.68. The van der Waals surface area contributed by atoms with Gasteiger partial charge in [-0.15, -0.1) is 9.80 Å². The number of dihydropyridines is 1. The summed E-state index contributed by atoms with van der Waals surface area (Å²) < 4.78 is 38.7. The number of thiol groups is 1. The first-order chi connectivity index (χ1) is 9.41. The van der Waals surface area contributed by atoms with Crippen LogP contribution in [-0.4, -0.2) is 29.2 Å². The van der Waals surface area contributed by atoms with Crippen LogP contribution in [0.4, 0.5) is 13.2 Å². The van der Waals surface area contributed by atoms with Gasteiger partial charge in [-0.05, 0) is 27.3 Å². The SMILES string of the molecule is O=C(NO)C1=CNC(NC2CC(F)(F)C2)C(F)=C1.SI. The molecule has 0 spiro atoms. The number of halogens is 4. The second-order valence-electron chi connectivity index (χ2n) is 4.30. The molecule has 0 aromatic carbocycles. The highest BCUT2D eigenvalue weighted by atomic mass is 127. The minimum absolute atomic E-state index is 0.0908. The molecule has 10 heteroatoms. The molecule has 1 saturated carbocycles. The number of hydrogen-bond donors (Lipinski definition) is 5. The first kappa shape index (κ1) is 17.6. The summed E-state index contributed by atoms with van der Waals surface area (Å²) in [5, 5.41) is 13.6. The lowest BCUT2D eigenvalue weighted by Crippen LogP contribution is -2.55. The molecule has 0 aromatic heterocycles. The van der Waals surface area contributed by atoms with Gasteiger partial charge < -0.3 is 5.32 Å². The number of hydroxylamine groups is 1. The van der Waals surface area contributed by atoms with Gasteiger partial charge in [-0.25, -0.2) is 18.7 Å². The van der Waals surface area contributed by atoms with Gasteiger partial charge in [0.1, 0.15) is 12.0 Å². The third kappa shape index (κ3) is 4.53. The van der Waals surface area contributed by atoms with Crippen LogP contribution in [0.1, 0.15) is 12.8 Å². The van der Waals surface area contributed by atoms with E-state index < -0.39 is 29.9 Å². The number of nitrogens with one attached hydrogen (secondary N) is 3. The summed E-state index contributed by atoms with van der Waals surface area (Å²) in [6.07, 6.45) is 0.541. The molecule has 1 amide bonds. The molecule has 1 aliphatic carbocycles. The van der Waals surface area contributed by atoms with Crippen molar-refractivity contribution in [2.45, 2.75) is 31.0 Å². The predicted octanol–water partition coefficient (Wildman–Crippen LogP) is 1.81. The Hall–Kier alpha value is -0.460. The molecular formula is C10H13F3IN3O2S. The summed E-state index contributed by atoms with van der Waals surface area (Å²) in [5.41, 5.74) is 1.28. The van der Waals surface area contributed by atoms with Gasteiger partial charge in [0.05, 0.1) is 5.57 Å². The van der Waals surface area contributed by atoms with Crippen molar-refractivity contribution in [2.24, 2.45) is 0 Å². The van der Waals surface area contributed by atoms with Crippen LogP contribution in [0.15, 0.2) is 23.7 Å². The van der Waals surface area contributed by atoms with Crippen LogP contribution in [0.3, 0.4) is 0 Å². The van der Waals surface area contributed by atoms with Gasteiger partial charge in [0.25, 0.3) is 11.8 Å². The van der Waals surface area contributed by atoms with Crippen molar-refractivity contribution < 1.29 is 23.2 Å². The van der Waals surface area contributed by atoms with Crippen LogP contribution in [0.2, 0.25) is 0 Å². The molecule has 114 valence electrons. The normalized spacial score (nSPS) is 24.2. The zero-order chi connectivity index (χ0) is 15.3. The molecule has 0 aromatic rings. The van der Waals surface area contributed by atoms with Gasteiger partial charge in [-0.1, -0.05) is 0 Å². The fourth-order valence-electron chi connectivity index (χ4n) is 1.86. The van der Waals surface area contributed by atoms with Gasteiger partial charge in [0.15, 0.2) is 0 Å². The standard InChI is InChI=1S/C10H12F3N3O2.HIS/c11-7-1-5(9(17)16-18)4-14-8(7)15-6-2-10(12,13)3-6;1-2/h1,4,6,8,14-15,18H,2-3H2,(H,16,17);2H. The number of hydrogen-bond acceptors (Lipinski definition) is 5. The highest BCUT2D eigenvalue weighted by molar-refractivity contribution is 14.2. The van der Waals surface area contributed by atoms with Crippen molar-refractivity contribution >= 4 is 36.9 Å². The van der Waals surface area contributed by atoms with E-state index in [0.717, 1.165) is 6.08 Å². The van der Waals surface area contributed by atoms with E-state index in [2.05, 4.69) is 20.4 Å². The minimum Gasteiger partial charge on any atom is -0.369 e. The summed E-state index contributed by atoms with van der Waals surface area (Å²) in [6.45, 7) is 0. The maximum atomic E-state index is 13.6. The Morgan fingerprint density at radius 3 is 2.55 bits per heavy atom. The average molecular weight is 423 g/mol. The van der Waals surface area contributed by atoms with E-state index in [9.17, 15) is 18.0 Å². The van der Waals surface area contributed by atoms with Crippen molar-refractivity contribution in [1.29, 1.82) is 0 Å². The van der Waals surface area contributed by atoms with E-state index in [1.54, 1.807) is 0 Å². The second kappa shape index (κ2) is 7.52. The van der Waals surface area contributed by atoms with E-state index in [1.165, 1.54) is 11.7 Å². The molecule has 0 saturated heterocycles. The molecule has 2 aliphatic rings. The quantitative estimate of drug-likeness (QED) is 0.208. The monoisotopic (exact) mass is 423 g/mol. The average Bonchev–Trinajstić information content (AvgIpc) is 2.40. The first-order valence-corrected chi connectivity index (χ1v) is 8.73. The van der Waals surface area contributed by atoms with Gasteiger partial charge in [0.2, 0.25) is 0 Å². The van der Waals surface area contributed by atoms with Crippen molar-refractivity contribution in [3.05, 3.63) is 23.7 Å². The van der Waals surface area contributed by atoms with Crippen LogP contribution in [-0.2, 0) is 4.79 Å². The summed E-state index contributed by atoms with van der Waals surface area (Å²) >= 11 is 1.84. The molecule has 0 radical (unpaired) electrons. The van der Waals surface area contributed by atoms with Crippen molar-refractivity contribution in [1.82, 2.24) is 16.1 Å². The number of rotatable bonds is 3. The number of alkyl halides is 2. The van der Waals surface area contributed by atoms with Crippen LogP contribution >= 0.6 is 31.0 Å². The van der Waals surface area contributed by atoms with Gasteiger partial charge in [0, 0.05) is 25.1 Å². The lowest BCUT2D eigenvalue weighted by molar-refractivity contribution is -0.125. The molecule has 20 heavy (non-hydrogen) atoms. The van der Waals surface area contributed by atoms with Gasteiger partial charge in [-0.2, -0.15) is 0 Å². The van der Waals surface area contributed by atoms with Crippen LogP contribution in [0.25, 0.3) is 0 Å². The third-order valence-electron chi connectivity index (χ3n) is 2.83. The predicted molar refractivity (Wildman–Crippen MR) is 78.2 cm³/mol. The molecule has 0 bridgehead atoms.